The summed E-state index contributed by atoms with van der Waals surface area (Å²) in [5.41, 5.74) is 0.935. The molecule has 0 bridgehead atoms. The molecule has 0 fully saturated rings. The Bertz CT molecular complexity index is 542. The van der Waals surface area contributed by atoms with Crippen molar-refractivity contribution in [1.82, 2.24) is 20.9 Å². The molecule has 0 radical (unpaired) electrons. The minimum absolute atomic E-state index is 0.0419. The van der Waals surface area contributed by atoms with E-state index in [0.717, 1.165) is 10.7 Å². The van der Waals surface area contributed by atoms with Crippen molar-refractivity contribution in [3.63, 3.8) is 0 Å². The standard InChI is InChI=1S/C15H25FN4O2S/c1-9(12(21)17-7-6-16)18-14(22)19-10(2)13-20-11(8-23-13)15(3,4)5/h8-10H,6-7H2,1-5H3,(H,17,21)(H2,18,19,22)/t9-,10+/m0/s1. The Morgan fingerprint density at radius 3 is 2.48 bits per heavy atom. The first-order valence-corrected chi connectivity index (χ1v) is 8.39. The number of rotatable bonds is 6. The van der Waals surface area contributed by atoms with Crippen molar-refractivity contribution >= 4 is 23.3 Å². The van der Waals surface area contributed by atoms with E-state index in [9.17, 15) is 14.0 Å². The van der Waals surface area contributed by atoms with Crippen molar-refractivity contribution in [3.05, 3.63) is 16.1 Å². The molecule has 0 aliphatic heterocycles. The third-order valence-corrected chi connectivity index (χ3v) is 4.17. The molecule has 3 amide bonds. The highest BCUT2D eigenvalue weighted by Gasteiger charge is 2.21. The summed E-state index contributed by atoms with van der Waals surface area (Å²) in [5, 5.41) is 10.4. The molecule has 6 nitrogen and oxygen atoms in total. The predicted octanol–water partition coefficient (Wildman–Crippen LogP) is 2.28. The zero-order valence-corrected chi connectivity index (χ0v) is 15.0. The van der Waals surface area contributed by atoms with Crippen LogP contribution in [0.2, 0.25) is 0 Å². The van der Waals surface area contributed by atoms with E-state index < -0.39 is 24.7 Å². The number of hydrogen-bond acceptors (Lipinski definition) is 4. The maximum absolute atomic E-state index is 12.0. The third-order valence-electron chi connectivity index (χ3n) is 3.14. The van der Waals surface area contributed by atoms with Crippen LogP contribution in [0.25, 0.3) is 0 Å². The van der Waals surface area contributed by atoms with E-state index in [2.05, 4.69) is 41.7 Å². The largest absolute Gasteiger partial charge is 0.352 e. The average Bonchev–Trinajstić information content (AvgIpc) is 2.94. The van der Waals surface area contributed by atoms with Gasteiger partial charge in [-0.05, 0) is 13.8 Å². The number of aromatic nitrogens is 1. The first kappa shape index (κ1) is 19.3. The Morgan fingerprint density at radius 2 is 1.96 bits per heavy atom. The number of hydrogen-bond donors (Lipinski definition) is 3. The molecular weight excluding hydrogens is 319 g/mol. The Kier molecular flexibility index (Phi) is 6.93. The average molecular weight is 344 g/mol. The Balaban J connectivity index is 2.53. The van der Waals surface area contributed by atoms with Gasteiger partial charge in [-0.3, -0.25) is 4.79 Å². The van der Waals surface area contributed by atoms with Gasteiger partial charge in [-0.15, -0.1) is 11.3 Å². The van der Waals surface area contributed by atoms with Gasteiger partial charge < -0.3 is 16.0 Å². The molecule has 2 atom stereocenters. The number of urea groups is 1. The van der Waals surface area contributed by atoms with Crippen molar-refractivity contribution in [2.24, 2.45) is 0 Å². The molecular formula is C15H25FN4O2S. The van der Waals surface area contributed by atoms with E-state index in [-0.39, 0.29) is 18.0 Å². The number of carbonyl (C=O) groups is 2. The zero-order valence-electron chi connectivity index (χ0n) is 14.2. The third kappa shape index (κ3) is 6.13. The number of halogens is 1. The number of alkyl halides is 1. The summed E-state index contributed by atoms with van der Waals surface area (Å²) in [4.78, 5) is 28.0. The number of amides is 3. The van der Waals surface area contributed by atoms with Gasteiger partial charge in [0.05, 0.1) is 11.7 Å². The molecule has 0 saturated heterocycles. The minimum atomic E-state index is -0.741. The van der Waals surface area contributed by atoms with Crippen LogP contribution in [0.3, 0.4) is 0 Å². The summed E-state index contributed by atoms with van der Waals surface area (Å²) in [6.45, 7) is 8.91. The highest BCUT2D eigenvalue weighted by molar-refractivity contribution is 7.09. The van der Waals surface area contributed by atoms with E-state index in [1.165, 1.54) is 11.3 Å². The summed E-state index contributed by atoms with van der Waals surface area (Å²) >= 11 is 1.49. The van der Waals surface area contributed by atoms with Crippen LogP contribution < -0.4 is 16.0 Å². The van der Waals surface area contributed by atoms with Crippen molar-refractivity contribution < 1.29 is 14.0 Å². The lowest BCUT2D eigenvalue weighted by molar-refractivity contribution is -0.122. The van der Waals surface area contributed by atoms with E-state index in [4.69, 9.17) is 0 Å². The maximum Gasteiger partial charge on any atom is 0.315 e. The van der Waals surface area contributed by atoms with Crippen molar-refractivity contribution in [1.29, 1.82) is 0 Å². The summed E-state index contributed by atoms with van der Waals surface area (Å²) < 4.78 is 12.0. The molecule has 23 heavy (non-hydrogen) atoms. The topological polar surface area (TPSA) is 83.1 Å². The molecule has 1 aromatic heterocycles. The molecule has 0 aliphatic carbocycles. The van der Waals surface area contributed by atoms with Gasteiger partial charge in [0, 0.05) is 17.3 Å². The number of thiazole rings is 1. The second-order valence-electron chi connectivity index (χ2n) is 6.36. The Morgan fingerprint density at radius 1 is 1.30 bits per heavy atom. The first-order chi connectivity index (χ1) is 10.6. The number of carbonyl (C=O) groups excluding carboxylic acids is 2. The SMILES string of the molecule is C[C@H](NC(=O)N[C@H](C)c1nc(C(C)(C)C)cs1)C(=O)NCCF. The lowest BCUT2D eigenvalue weighted by atomic mass is 9.93. The second kappa shape index (κ2) is 8.24. The second-order valence-corrected chi connectivity index (χ2v) is 7.25. The molecule has 8 heteroatoms. The van der Waals surface area contributed by atoms with Crippen LogP contribution in [-0.4, -0.2) is 36.2 Å². The van der Waals surface area contributed by atoms with Gasteiger partial charge in [0.1, 0.15) is 17.7 Å². The van der Waals surface area contributed by atoms with Crippen LogP contribution in [0.1, 0.15) is 51.4 Å². The molecule has 130 valence electrons. The van der Waals surface area contributed by atoms with Gasteiger partial charge >= 0.3 is 6.03 Å². The van der Waals surface area contributed by atoms with Crippen LogP contribution in [-0.2, 0) is 10.2 Å². The van der Waals surface area contributed by atoms with E-state index in [0.29, 0.717) is 0 Å². The predicted molar refractivity (Wildman–Crippen MR) is 89.3 cm³/mol. The zero-order chi connectivity index (χ0) is 17.6. The van der Waals surface area contributed by atoms with Gasteiger partial charge in [0.15, 0.2) is 0 Å². The van der Waals surface area contributed by atoms with Crippen molar-refractivity contribution in [2.75, 3.05) is 13.2 Å². The van der Waals surface area contributed by atoms with Gasteiger partial charge in [0.2, 0.25) is 5.91 Å². The highest BCUT2D eigenvalue weighted by atomic mass is 32.1. The fourth-order valence-electron chi connectivity index (χ4n) is 1.72. The van der Waals surface area contributed by atoms with Gasteiger partial charge in [-0.1, -0.05) is 20.8 Å². The van der Waals surface area contributed by atoms with Crippen LogP contribution in [0.4, 0.5) is 9.18 Å². The fourth-order valence-corrected chi connectivity index (χ4v) is 2.77. The molecule has 0 spiro atoms. The molecule has 1 heterocycles. The molecule has 0 aromatic carbocycles. The van der Waals surface area contributed by atoms with E-state index >= 15 is 0 Å². The molecule has 0 aliphatic rings. The summed E-state index contributed by atoms with van der Waals surface area (Å²) in [6.07, 6.45) is 0. The highest BCUT2D eigenvalue weighted by Crippen LogP contribution is 2.26. The van der Waals surface area contributed by atoms with Gasteiger partial charge in [-0.2, -0.15) is 0 Å². The fraction of sp³-hybridized carbons (Fsp3) is 0.667. The van der Waals surface area contributed by atoms with Crippen LogP contribution in [0.15, 0.2) is 5.38 Å². The molecule has 0 unspecified atom stereocenters. The number of nitrogens with zero attached hydrogens (tertiary/aromatic N) is 1. The first-order valence-electron chi connectivity index (χ1n) is 7.51. The van der Waals surface area contributed by atoms with Crippen molar-refractivity contribution in [2.45, 2.75) is 52.1 Å². The van der Waals surface area contributed by atoms with Gasteiger partial charge in [-0.25, -0.2) is 14.2 Å². The lowest BCUT2D eigenvalue weighted by Crippen LogP contribution is -2.49. The van der Waals surface area contributed by atoms with Crippen molar-refractivity contribution in [3.8, 4) is 0 Å². The molecule has 1 aromatic rings. The van der Waals surface area contributed by atoms with Gasteiger partial charge in [0.25, 0.3) is 0 Å². The lowest BCUT2D eigenvalue weighted by Gasteiger charge is -2.17. The maximum atomic E-state index is 12.0. The normalized spacial score (nSPS) is 14.0. The molecule has 3 N–H and O–H groups in total. The summed E-state index contributed by atoms with van der Waals surface area (Å²) in [5.74, 6) is -0.422. The summed E-state index contributed by atoms with van der Waals surface area (Å²) in [6, 6.07) is -1.47. The monoisotopic (exact) mass is 344 g/mol. The smallest absolute Gasteiger partial charge is 0.315 e. The Labute approximate surface area is 140 Å². The minimum Gasteiger partial charge on any atom is -0.352 e. The Hall–Kier alpha value is -1.70. The quantitative estimate of drug-likeness (QED) is 0.740. The molecule has 0 saturated carbocycles. The van der Waals surface area contributed by atoms with E-state index in [1.807, 2.05) is 12.3 Å². The summed E-state index contributed by atoms with van der Waals surface area (Å²) in [7, 11) is 0. The van der Waals surface area contributed by atoms with Crippen LogP contribution >= 0.6 is 11.3 Å². The molecule has 1 rings (SSSR count). The van der Waals surface area contributed by atoms with Crippen LogP contribution in [0, 0.1) is 0 Å². The number of nitrogens with one attached hydrogen (secondary N) is 3. The van der Waals surface area contributed by atoms with E-state index in [1.54, 1.807) is 6.92 Å². The van der Waals surface area contributed by atoms with Crippen LogP contribution in [0.5, 0.6) is 0 Å².